The zero-order valence-corrected chi connectivity index (χ0v) is 8.27. The maximum absolute atomic E-state index is 9.68. The Kier molecular flexibility index (Phi) is 3.50. The lowest BCUT2D eigenvalue weighted by atomic mass is 10.0. The minimum atomic E-state index is -0.729. The monoisotopic (exact) mass is 208 g/mol. The van der Waals surface area contributed by atoms with Crippen molar-refractivity contribution in [3.63, 3.8) is 0 Å². The van der Waals surface area contributed by atoms with Crippen LogP contribution in [-0.4, -0.2) is 23.9 Å². The Bertz CT molecular complexity index is 398. The number of nitrogens with zero attached hydrogens (tertiary/aromatic N) is 1. The summed E-state index contributed by atoms with van der Waals surface area (Å²) in [6.45, 7) is -0.314. The average molecular weight is 208 g/mol. The summed E-state index contributed by atoms with van der Waals surface area (Å²) in [5, 5.41) is 27.3. The number of phenols is 1. The topological polar surface area (TPSA) is 99.5 Å². The average Bonchev–Trinajstić information content (AvgIpc) is 2.28. The Morgan fingerprint density at radius 1 is 1.60 bits per heavy atom. The molecule has 0 amide bonds. The normalized spacial score (nSPS) is 11.9. The highest BCUT2D eigenvalue weighted by Crippen LogP contribution is 2.34. The number of aliphatic hydroxyl groups excluding tert-OH is 1. The molecule has 0 bridgehead atoms. The van der Waals surface area contributed by atoms with Crippen LogP contribution in [0.4, 0.5) is 0 Å². The van der Waals surface area contributed by atoms with Crippen LogP contribution in [0.15, 0.2) is 12.1 Å². The molecule has 0 heterocycles. The number of ether oxygens (including phenoxy) is 1. The molecule has 0 aliphatic rings. The van der Waals surface area contributed by atoms with Crippen LogP contribution in [0.2, 0.25) is 0 Å². The van der Waals surface area contributed by atoms with E-state index >= 15 is 0 Å². The van der Waals surface area contributed by atoms with E-state index in [1.165, 1.54) is 19.2 Å². The second-order valence-electron chi connectivity index (χ2n) is 3.02. The van der Waals surface area contributed by atoms with Gasteiger partial charge in [-0.2, -0.15) is 5.26 Å². The summed E-state index contributed by atoms with van der Waals surface area (Å²) >= 11 is 0. The van der Waals surface area contributed by atoms with E-state index in [0.29, 0.717) is 11.1 Å². The predicted octanol–water partition coefficient (Wildman–Crippen LogP) is 0.265. The van der Waals surface area contributed by atoms with E-state index in [0.717, 1.165) is 0 Å². The van der Waals surface area contributed by atoms with Crippen molar-refractivity contribution in [1.29, 1.82) is 5.26 Å². The number of rotatable bonds is 3. The first-order valence-electron chi connectivity index (χ1n) is 4.31. The van der Waals surface area contributed by atoms with Gasteiger partial charge < -0.3 is 20.7 Å². The van der Waals surface area contributed by atoms with Crippen LogP contribution >= 0.6 is 0 Å². The summed E-state index contributed by atoms with van der Waals surface area (Å²) in [5.74, 6) is 0.0333. The van der Waals surface area contributed by atoms with Gasteiger partial charge in [0.05, 0.1) is 31.4 Å². The third-order valence-corrected chi connectivity index (χ3v) is 2.05. The van der Waals surface area contributed by atoms with Crippen molar-refractivity contribution in [2.24, 2.45) is 5.73 Å². The maximum atomic E-state index is 9.68. The number of methoxy groups -OCH3 is 1. The molecule has 0 radical (unpaired) electrons. The van der Waals surface area contributed by atoms with Gasteiger partial charge in [0.1, 0.15) is 0 Å². The van der Waals surface area contributed by atoms with E-state index in [1.54, 1.807) is 0 Å². The van der Waals surface area contributed by atoms with Crippen molar-refractivity contribution >= 4 is 0 Å². The number of hydrogen-bond acceptors (Lipinski definition) is 5. The molecule has 1 rings (SSSR count). The number of hydrogen-bond donors (Lipinski definition) is 3. The number of nitriles is 1. The van der Waals surface area contributed by atoms with Gasteiger partial charge in [0, 0.05) is 11.6 Å². The molecule has 0 fully saturated rings. The Hall–Kier alpha value is -1.77. The summed E-state index contributed by atoms with van der Waals surface area (Å²) in [7, 11) is 1.38. The molecule has 5 heteroatoms. The third-order valence-electron chi connectivity index (χ3n) is 2.05. The highest BCUT2D eigenvalue weighted by molar-refractivity contribution is 5.52. The molecule has 15 heavy (non-hydrogen) atoms. The molecular weight excluding hydrogens is 196 g/mol. The molecule has 1 aromatic rings. The van der Waals surface area contributed by atoms with Crippen molar-refractivity contribution in [2.45, 2.75) is 6.04 Å². The largest absolute Gasteiger partial charge is 0.504 e. The molecule has 1 atom stereocenters. The van der Waals surface area contributed by atoms with E-state index in [4.69, 9.17) is 20.8 Å². The van der Waals surface area contributed by atoms with E-state index in [-0.39, 0.29) is 18.1 Å². The van der Waals surface area contributed by atoms with Crippen LogP contribution in [0, 0.1) is 11.3 Å². The first-order chi connectivity index (χ1) is 7.13. The first kappa shape index (κ1) is 11.3. The quantitative estimate of drug-likeness (QED) is 0.661. The van der Waals surface area contributed by atoms with Crippen LogP contribution in [0.1, 0.15) is 17.2 Å². The first-order valence-corrected chi connectivity index (χ1v) is 4.31. The van der Waals surface area contributed by atoms with Crippen LogP contribution in [-0.2, 0) is 0 Å². The maximum Gasteiger partial charge on any atom is 0.162 e. The van der Waals surface area contributed by atoms with E-state index in [2.05, 4.69) is 0 Å². The molecule has 0 aliphatic heterocycles. The number of benzene rings is 1. The van der Waals surface area contributed by atoms with Crippen molar-refractivity contribution in [3.8, 4) is 17.6 Å². The Labute approximate surface area is 87.3 Å². The molecule has 5 nitrogen and oxygen atoms in total. The fourth-order valence-corrected chi connectivity index (χ4v) is 1.23. The van der Waals surface area contributed by atoms with Gasteiger partial charge in [-0.25, -0.2) is 0 Å². The molecule has 0 aromatic heterocycles. The highest BCUT2D eigenvalue weighted by Gasteiger charge is 2.15. The minimum absolute atomic E-state index is 0.141. The molecule has 0 saturated carbocycles. The van der Waals surface area contributed by atoms with Gasteiger partial charge in [-0.05, 0) is 6.07 Å². The Morgan fingerprint density at radius 2 is 2.27 bits per heavy atom. The zero-order valence-electron chi connectivity index (χ0n) is 8.27. The van der Waals surface area contributed by atoms with Gasteiger partial charge in [-0.1, -0.05) is 0 Å². The van der Waals surface area contributed by atoms with Gasteiger partial charge in [-0.15, -0.1) is 0 Å². The summed E-state index contributed by atoms with van der Waals surface area (Å²) in [4.78, 5) is 0. The van der Waals surface area contributed by atoms with Crippen molar-refractivity contribution < 1.29 is 14.9 Å². The van der Waals surface area contributed by atoms with E-state index in [9.17, 15) is 5.11 Å². The lowest BCUT2D eigenvalue weighted by Gasteiger charge is -2.13. The van der Waals surface area contributed by atoms with Gasteiger partial charge in [-0.3, -0.25) is 0 Å². The lowest BCUT2D eigenvalue weighted by molar-refractivity contribution is 0.264. The second kappa shape index (κ2) is 4.64. The summed E-state index contributed by atoms with van der Waals surface area (Å²) in [5.41, 5.74) is 6.19. The van der Waals surface area contributed by atoms with Gasteiger partial charge in [0.25, 0.3) is 0 Å². The molecular formula is C10H12N2O3. The second-order valence-corrected chi connectivity index (χ2v) is 3.02. The fraction of sp³-hybridized carbons (Fsp3) is 0.300. The molecule has 0 spiro atoms. The van der Waals surface area contributed by atoms with E-state index < -0.39 is 6.04 Å². The minimum Gasteiger partial charge on any atom is -0.504 e. The van der Waals surface area contributed by atoms with Crippen LogP contribution in [0.3, 0.4) is 0 Å². The molecule has 1 aromatic carbocycles. The molecule has 80 valence electrons. The standard InChI is InChI=1S/C10H12N2O3/c1-15-9-3-6(4-11)2-7(10(9)14)8(12)5-13/h2-3,8,13-14H,5,12H2,1H3/t8-/m0/s1. The highest BCUT2D eigenvalue weighted by atomic mass is 16.5. The number of nitrogens with two attached hydrogens (primary N) is 1. The van der Waals surface area contributed by atoms with Crippen LogP contribution in [0.25, 0.3) is 0 Å². The SMILES string of the molecule is COc1cc(C#N)cc([C@@H](N)CO)c1O. The van der Waals surface area contributed by atoms with Crippen LogP contribution < -0.4 is 10.5 Å². The van der Waals surface area contributed by atoms with Gasteiger partial charge in [0.2, 0.25) is 0 Å². The fourth-order valence-electron chi connectivity index (χ4n) is 1.23. The molecule has 0 saturated heterocycles. The number of phenolic OH excluding ortho intramolecular Hbond substituents is 1. The molecule has 4 N–H and O–H groups in total. The summed E-state index contributed by atoms with van der Waals surface area (Å²) in [6, 6.07) is 4.03. The summed E-state index contributed by atoms with van der Waals surface area (Å²) < 4.78 is 4.88. The van der Waals surface area contributed by atoms with Crippen LogP contribution in [0.5, 0.6) is 11.5 Å². The third kappa shape index (κ3) is 2.18. The van der Waals surface area contributed by atoms with E-state index in [1.807, 2.05) is 6.07 Å². The molecule has 0 aliphatic carbocycles. The smallest absolute Gasteiger partial charge is 0.162 e. The number of aliphatic hydroxyl groups is 1. The zero-order chi connectivity index (χ0) is 11.4. The van der Waals surface area contributed by atoms with Gasteiger partial charge in [0.15, 0.2) is 11.5 Å². The molecule has 0 unspecified atom stereocenters. The summed E-state index contributed by atoms with van der Waals surface area (Å²) in [6.07, 6.45) is 0. The number of aromatic hydroxyl groups is 1. The van der Waals surface area contributed by atoms with Crippen molar-refractivity contribution in [1.82, 2.24) is 0 Å². The van der Waals surface area contributed by atoms with Crippen molar-refractivity contribution in [2.75, 3.05) is 13.7 Å². The lowest BCUT2D eigenvalue weighted by Crippen LogP contribution is -2.15. The Balaban J connectivity index is 3.31. The van der Waals surface area contributed by atoms with Gasteiger partial charge >= 0.3 is 0 Å². The Morgan fingerprint density at radius 3 is 2.73 bits per heavy atom. The predicted molar refractivity (Wildman–Crippen MR) is 53.4 cm³/mol. The van der Waals surface area contributed by atoms with Crippen molar-refractivity contribution in [3.05, 3.63) is 23.3 Å².